The molecule has 2 rings (SSSR count). The summed E-state index contributed by atoms with van der Waals surface area (Å²) in [6, 6.07) is 3.85. The van der Waals surface area contributed by atoms with E-state index in [4.69, 9.17) is 0 Å². The van der Waals surface area contributed by atoms with Crippen LogP contribution in [0.1, 0.15) is 12.5 Å². The van der Waals surface area contributed by atoms with Crippen molar-refractivity contribution in [1.29, 1.82) is 0 Å². The first-order valence-corrected chi connectivity index (χ1v) is 5.91. The fourth-order valence-corrected chi connectivity index (χ4v) is 2.06. The Morgan fingerprint density at radius 2 is 2.00 bits per heavy atom. The highest BCUT2D eigenvalue weighted by molar-refractivity contribution is 5.83. The minimum Gasteiger partial charge on any atom is -0.361 e. The molecule has 0 aliphatic heterocycles. The van der Waals surface area contributed by atoms with E-state index in [0.29, 0.717) is 11.9 Å². The summed E-state index contributed by atoms with van der Waals surface area (Å²) in [5.74, 6) is -0.353. The smallest absolute Gasteiger partial charge is 0.282 e. The highest BCUT2D eigenvalue weighted by Crippen LogP contribution is 2.20. The van der Waals surface area contributed by atoms with Crippen molar-refractivity contribution in [2.75, 3.05) is 0 Å². The van der Waals surface area contributed by atoms with Crippen LogP contribution < -0.4 is 5.32 Å². The molecule has 6 heteroatoms. The fraction of sp³-hybridized carbons (Fsp3) is 0.385. The van der Waals surface area contributed by atoms with E-state index in [9.17, 15) is 17.6 Å². The van der Waals surface area contributed by atoms with Gasteiger partial charge in [0.05, 0.1) is 0 Å². The lowest BCUT2D eigenvalue weighted by molar-refractivity contribution is 0.0251. The van der Waals surface area contributed by atoms with Gasteiger partial charge in [0.15, 0.2) is 0 Å². The molecule has 2 nitrogen and oxygen atoms in total. The third kappa shape index (κ3) is 3.26. The van der Waals surface area contributed by atoms with E-state index in [1.807, 2.05) is 0 Å². The van der Waals surface area contributed by atoms with E-state index in [0.717, 1.165) is 10.9 Å². The SMILES string of the molecule is CC(Cc1c[nH]c2cc(F)ccc12)NC(F)C(F)F. The Morgan fingerprint density at radius 1 is 1.26 bits per heavy atom. The van der Waals surface area contributed by atoms with Crippen molar-refractivity contribution in [2.24, 2.45) is 0 Å². The molecule has 2 N–H and O–H groups in total. The number of alkyl halides is 3. The van der Waals surface area contributed by atoms with Gasteiger partial charge in [0, 0.05) is 23.1 Å². The number of rotatable bonds is 5. The summed E-state index contributed by atoms with van der Waals surface area (Å²) in [6.45, 7) is 1.62. The van der Waals surface area contributed by atoms with E-state index < -0.39 is 18.8 Å². The second kappa shape index (κ2) is 5.61. The van der Waals surface area contributed by atoms with Crippen molar-refractivity contribution in [3.8, 4) is 0 Å². The minimum absolute atomic E-state index is 0.353. The lowest BCUT2D eigenvalue weighted by Crippen LogP contribution is -2.39. The molecule has 2 aromatic rings. The largest absolute Gasteiger partial charge is 0.361 e. The van der Waals surface area contributed by atoms with Crippen molar-refractivity contribution in [1.82, 2.24) is 10.3 Å². The normalized spacial score (nSPS) is 15.1. The number of aromatic amines is 1. The molecule has 0 fully saturated rings. The molecule has 19 heavy (non-hydrogen) atoms. The zero-order chi connectivity index (χ0) is 14.0. The van der Waals surface area contributed by atoms with Crippen LogP contribution in [0.2, 0.25) is 0 Å². The summed E-state index contributed by atoms with van der Waals surface area (Å²) in [6.07, 6.45) is -3.33. The minimum atomic E-state index is -3.04. The van der Waals surface area contributed by atoms with Crippen LogP contribution in [-0.4, -0.2) is 23.7 Å². The van der Waals surface area contributed by atoms with Crippen molar-refractivity contribution >= 4 is 10.9 Å². The number of nitrogens with one attached hydrogen (secondary N) is 2. The standard InChI is InChI=1S/C13H14F4N2/c1-7(19-13(17)12(15)16)4-8-6-18-11-5-9(14)2-3-10(8)11/h2-3,5-7,12-13,18-19H,4H2,1H3. The van der Waals surface area contributed by atoms with Gasteiger partial charge >= 0.3 is 0 Å². The summed E-state index contributed by atoms with van der Waals surface area (Å²) >= 11 is 0. The third-order valence-electron chi connectivity index (χ3n) is 2.92. The van der Waals surface area contributed by atoms with Crippen LogP contribution in [0.3, 0.4) is 0 Å². The fourth-order valence-electron chi connectivity index (χ4n) is 2.06. The maximum Gasteiger partial charge on any atom is 0.282 e. The Bertz CT molecular complexity index is 553. The lowest BCUT2D eigenvalue weighted by atomic mass is 10.1. The zero-order valence-corrected chi connectivity index (χ0v) is 10.3. The van der Waals surface area contributed by atoms with E-state index >= 15 is 0 Å². The molecule has 2 atom stereocenters. The number of hydrogen-bond donors (Lipinski definition) is 2. The van der Waals surface area contributed by atoms with Crippen LogP contribution in [0.5, 0.6) is 0 Å². The molecule has 104 valence electrons. The van der Waals surface area contributed by atoms with Crippen LogP contribution in [0.15, 0.2) is 24.4 Å². The van der Waals surface area contributed by atoms with Gasteiger partial charge < -0.3 is 4.98 Å². The predicted octanol–water partition coefficient (Wildman–Crippen LogP) is 3.39. The van der Waals surface area contributed by atoms with Crippen LogP contribution in [0.4, 0.5) is 17.6 Å². The van der Waals surface area contributed by atoms with Gasteiger partial charge in [-0.15, -0.1) is 0 Å². The molecule has 1 aromatic heterocycles. The Labute approximate surface area is 107 Å². The second-order valence-electron chi connectivity index (χ2n) is 4.51. The number of hydrogen-bond acceptors (Lipinski definition) is 1. The number of benzene rings is 1. The summed E-state index contributed by atoms with van der Waals surface area (Å²) in [7, 11) is 0. The maximum atomic E-state index is 13.0. The first-order chi connectivity index (χ1) is 8.97. The molecule has 0 amide bonds. The van der Waals surface area contributed by atoms with Gasteiger partial charge in [-0.25, -0.2) is 17.6 Å². The predicted molar refractivity (Wildman–Crippen MR) is 65.5 cm³/mol. The van der Waals surface area contributed by atoms with Gasteiger partial charge in [-0.3, -0.25) is 5.32 Å². The number of fused-ring (bicyclic) bond motifs is 1. The molecule has 0 aliphatic rings. The molecule has 2 unspecified atom stereocenters. The summed E-state index contributed by atoms with van der Waals surface area (Å²) in [4.78, 5) is 2.90. The number of aromatic nitrogens is 1. The molecular weight excluding hydrogens is 260 g/mol. The van der Waals surface area contributed by atoms with E-state index in [2.05, 4.69) is 10.3 Å². The van der Waals surface area contributed by atoms with Crippen LogP contribution in [0.25, 0.3) is 10.9 Å². The Kier molecular flexibility index (Phi) is 4.09. The first kappa shape index (κ1) is 13.9. The van der Waals surface area contributed by atoms with Crippen LogP contribution in [-0.2, 0) is 6.42 Å². The van der Waals surface area contributed by atoms with Crippen molar-refractivity contribution in [3.63, 3.8) is 0 Å². The van der Waals surface area contributed by atoms with Gasteiger partial charge in [0.1, 0.15) is 5.82 Å². The molecule has 0 radical (unpaired) electrons. The van der Waals surface area contributed by atoms with Gasteiger partial charge in [-0.1, -0.05) is 0 Å². The van der Waals surface area contributed by atoms with Crippen molar-refractivity contribution in [2.45, 2.75) is 32.1 Å². The zero-order valence-electron chi connectivity index (χ0n) is 10.3. The lowest BCUT2D eigenvalue weighted by Gasteiger charge is -2.16. The number of halogens is 4. The Hall–Kier alpha value is -1.56. The molecule has 0 aliphatic carbocycles. The van der Waals surface area contributed by atoms with Gasteiger partial charge in [0.25, 0.3) is 6.43 Å². The Morgan fingerprint density at radius 3 is 2.68 bits per heavy atom. The molecule has 1 heterocycles. The third-order valence-corrected chi connectivity index (χ3v) is 2.92. The van der Waals surface area contributed by atoms with E-state index in [-0.39, 0.29) is 5.82 Å². The first-order valence-electron chi connectivity index (χ1n) is 5.91. The highest BCUT2D eigenvalue weighted by atomic mass is 19.3. The summed E-state index contributed by atoms with van der Waals surface area (Å²) in [5, 5.41) is 3.00. The monoisotopic (exact) mass is 274 g/mol. The molecular formula is C13H14F4N2. The molecule has 0 spiro atoms. The molecule has 0 saturated carbocycles. The van der Waals surface area contributed by atoms with Gasteiger partial charge in [0.2, 0.25) is 6.30 Å². The average Bonchev–Trinajstić information content (AvgIpc) is 2.71. The van der Waals surface area contributed by atoms with Crippen molar-refractivity contribution < 1.29 is 17.6 Å². The summed E-state index contributed by atoms with van der Waals surface area (Å²) in [5.41, 5.74) is 1.46. The summed E-state index contributed by atoms with van der Waals surface area (Å²) < 4.78 is 50.0. The maximum absolute atomic E-state index is 13.0. The van der Waals surface area contributed by atoms with Crippen LogP contribution in [0, 0.1) is 5.82 Å². The van der Waals surface area contributed by atoms with Gasteiger partial charge in [-0.05, 0) is 37.1 Å². The molecule has 0 saturated heterocycles. The second-order valence-corrected chi connectivity index (χ2v) is 4.51. The molecule has 0 bridgehead atoms. The highest BCUT2D eigenvalue weighted by Gasteiger charge is 2.21. The topological polar surface area (TPSA) is 27.8 Å². The van der Waals surface area contributed by atoms with Crippen LogP contribution >= 0.6 is 0 Å². The molecule has 1 aromatic carbocycles. The Balaban J connectivity index is 2.09. The van der Waals surface area contributed by atoms with E-state index in [1.54, 1.807) is 19.2 Å². The van der Waals surface area contributed by atoms with Crippen molar-refractivity contribution in [3.05, 3.63) is 35.8 Å². The average molecular weight is 274 g/mol. The quantitative estimate of drug-likeness (QED) is 0.635. The number of H-pyrrole nitrogens is 1. The van der Waals surface area contributed by atoms with Gasteiger partial charge in [-0.2, -0.15) is 0 Å². The van der Waals surface area contributed by atoms with E-state index in [1.165, 1.54) is 12.1 Å².